The van der Waals surface area contributed by atoms with Gasteiger partial charge in [-0.05, 0) is 43.2 Å². The van der Waals surface area contributed by atoms with E-state index in [1.54, 1.807) is 36.1 Å². The fraction of sp³-hybridized carbons (Fsp3) is 0.300. The Hall–Kier alpha value is -2.69. The average Bonchev–Trinajstić information content (AvgIpc) is 3.04. The minimum atomic E-state index is -0.430. The van der Waals surface area contributed by atoms with Gasteiger partial charge in [0, 0.05) is 29.8 Å². The highest BCUT2D eigenvalue weighted by Gasteiger charge is 2.24. The van der Waals surface area contributed by atoms with Gasteiger partial charge in [-0.15, -0.1) is 0 Å². The number of hydrogen-bond acceptors (Lipinski definition) is 2. The molecule has 1 aliphatic rings. The summed E-state index contributed by atoms with van der Waals surface area (Å²) in [5.41, 5.74) is 2.85. The summed E-state index contributed by atoms with van der Waals surface area (Å²) in [6.07, 6.45) is 1.20. The molecule has 1 heterocycles. The second-order valence-corrected chi connectivity index (χ2v) is 6.21. The SMILES string of the molecule is CCC(=O)N1CCc2cc(C(=O)N[C@@H](C)c3ccccc3F)ccc21. The van der Waals surface area contributed by atoms with Crippen LogP contribution in [0.5, 0.6) is 0 Å². The molecule has 0 radical (unpaired) electrons. The lowest BCUT2D eigenvalue weighted by Gasteiger charge is -2.17. The van der Waals surface area contributed by atoms with E-state index < -0.39 is 6.04 Å². The molecular weight excluding hydrogens is 319 g/mol. The van der Waals surface area contributed by atoms with Gasteiger partial charge in [-0.1, -0.05) is 25.1 Å². The summed E-state index contributed by atoms with van der Waals surface area (Å²) in [4.78, 5) is 26.2. The fourth-order valence-electron chi connectivity index (χ4n) is 3.18. The highest BCUT2D eigenvalue weighted by molar-refractivity contribution is 5.98. The fourth-order valence-corrected chi connectivity index (χ4v) is 3.18. The van der Waals surface area contributed by atoms with Crippen LogP contribution in [0.3, 0.4) is 0 Å². The Morgan fingerprint density at radius 1 is 1.24 bits per heavy atom. The highest BCUT2D eigenvalue weighted by atomic mass is 19.1. The molecule has 25 heavy (non-hydrogen) atoms. The molecule has 2 aromatic rings. The number of carbonyl (C=O) groups excluding carboxylic acids is 2. The number of amides is 2. The maximum Gasteiger partial charge on any atom is 0.251 e. The van der Waals surface area contributed by atoms with Crippen molar-refractivity contribution in [2.75, 3.05) is 11.4 Å². The van der Waals surface area contributed by atoms with E-state index in [0.717, 1.165) is 17.7 Å². The highest BCUT2D eigenvalue weighted by Crippen LogP contribution is 2.29. The van der Waals surface area contributed by atoms with Crippen LogP contribution in [-0.2, 0) is 11.2 Å². The van der Waals surface area contributed by atoms with Gasteiger partial charge in [-0.25, -0.2) is 4.39 Å². The van der Waals surface area contributed by atoms with Crippen molar-refractivity contribution in [2.24, 2.45) is 0 Å². The number of fused-ring (bicyclic) bond motifs is 1. The number of anilines is 1. The first-order chi connectivity index (χ1) is 12.0. The molecule has 5 heteroatoms. The summed E-state index contributed by atoms with van der Waals surface area (Å²) in [7, 11) is 0. The molecule has 1 N–H and O–H groups in total. The van der Waals surface area contributed by atoms with Gasteiger partial charge >= 0.3 is 0 Å². The van der Waals surface area contributed by atoms with Gasteiger partial charge in [0.1, 0.15) is 5.82 Å². The number of nitrogens with one attached hydrogen (secondary N) is 1. The van der Waals surface area contributed by atoms with Crippen molar-refractivity contribution in [3.63, 3.8) is 0 Å². The first-order valence-corrected chi connectivity index (χ1v) is 8.49. The van der Waals surface area contributed by atoms with E-state index in [2.05, 4.69) is 5.32 Å². The number of hydrogen-bond donors (Lipinski definition) is 1. The lowest BCUT2D eigenvalue weighted by Crippen LogP contribution is -2.28. The van der Waals surface area contributed by atoms with Crippen LogP contribution < -0.4 is 10.2 Å². The molecule has 0 spiro atoms. The monoisotopic (exact) mass is 340 g/mol. The Bertz CT molecular complexity index is 819. The summed E-state index contributed by atoms with van der Waals surface area (Å²) in [5, 5.41) is 2.83. The van der Waals surface area contributed by atoms with Crippen LogP contribution >= 0.6 is 0 Å². The second-order valence-electron chi connectivity index (χ2n) is 6.21. The van der Waals surface area contributed by atoms with E-state index in [0.29, 0.717) is 24.1 Å². The van der Waals surface area contributed by atoms with Crippen LogP contribution in [0.1, 0.15) is 47.8 Å². The molecule has 3 rings (SSSR count). The molecule has 1 aliphatic heterocycles. The second kappa shape index (κ2) is 7.05. The van der Waals surface area contributed by atoms with Crippen LogP contribution in [0, 0.1) is 5.82 Å². The number of benzene rings is 2. The summed E-state index contributed by atoms with van der Waals surface area (Å²) in [6.45, 7) is 4.25. The molecule has 0 aliphatic carbocycles. The third-order valence-corrected chi connectivity index (χ3v) is 4.56. The zero-order valence-electron chi connectivity index (χ0n) is 14.4. The van der Waals surface area contributed by atoms with Crippen molar-refractivity contribution in [3.8, 4) is 0 Å². The van der Waals surface area contributed by atoms with Gasteiger partial charge in [0.05, 0.1) is 6.04 Å². The number of nitrogens with zero attached hydrogens (tertiary/aromatic N) is 1. The van der Waals surface area contributed by atoms with Crippen LogP contribution in [0.2, 0.25) is 0 Å². The van der Waals surface area contributed by atoms with Crippen LogP contribution in [0.4, 0.5) is 10.1 Å². The topological polar surface area (TPSA) is 49.4 Å². The van der Waals surface area contributed by atoms with Gasteiger partial charge < -0.3 is 10.2 Å². The largest absolute Gasteiger partial charge is 0.345 e. The quantitative estimate of drug-likeness (QED) is 0.924. The molecule has 130 valence electrons. The smallest absolute Gasteiger partial charge is 0.251 e. The molecule has 1 atom stereocenters. The zero-order valence-corrected chi connectivity index (χ0v) is 14.4. The van der Waals surface area contributed by atoms with E-state index >= 15 is 0 Å². The summed E-state index contributed by atoms with van der Waals surface area (Å²) < 4.78 is 13.8. The average molecular weight is 340 g/mol. The van der Waals surface area contributed by atoms with Gasteiger partial charge in [-0.2, -0.15) is 0 Å². The van der Waals surface area contributed by atoms with Crippen molar-refractivity contribution in [1.82, 2.24) is 5.32 Å². The molecular formula is C20H21FN2O2. The maximum absolute atomic E-state index is 13.8. The minimum absolute atomic E-state index is 0.0872. The van der Waals surface area contributed by atoms with Gasteiger partial charge in [0.25, 0.3) is 5.91 Å². The summed E-state index contributed by atoms with van der Waals surface area (Å²) in [6, 6.07) is 11.3. The van der Waals surface area contributed by atoms with Crippen molar-refractivity contribution < 1.29 is 14.0 Å². The molecule has 0 saturated heterocycles. The Morgan fingerprint density at radius 2 is 2.00 bits per heavy atom. The molecule has 0 unspecified atom stereocenters. The predicted molar refractivity (Wildman–Crippen MR) is 95.1 cm³/mol. The van der Waals surface area contributed by atoms with Crippen LogP contribution in [0.25, 0.3) is 0 Å². The summed E-state index contributed by atoms with van der Waals surface area (Å²) in [5.74, 6) is -0.499. The van der Waals surface area contributed by atoms with Crippen LogP contribution in [0.15, 0.2) is 42.5 Å². The Balaban J connectivity index is 1.76. The van der Waals surface area contributed by atoms with Crippen molar-refractivity contribution >= 4 is 17.5 Å². The lowest BCUT2D eigenvalue weighted by molar-refractivity contribution is -0.118. The number of halogens is 1. The molecule has 4 nitrogen and oxygen atoms in total. The molecule has 2 aromatic carbocycles. The minimum Gasteiger partial charge on any atom is -0.345 e. The normalized spacial score (nSPS) is 14.1. The Morgan fingerprint density at radius 3 is 2.72 bits per heavy atom. The van der Waals surface area contributed by atoms with E-state index in [9.17, 15) is 14.0 Å². The molecule has 0 fully saturated rings. The van der Waals surface area contributed by atoms with Gasteiger partial charge in [-0.3, -0.25) is 9.59 Å². The Kier molecular flexibility index (Phi) is 4.83. The molecule has 0 aromatic heterocycles. The lowest BCUT2D eigenvalue weighted by atomic mass is 10.1. The maximum atomic E-state index is 13.8. The van der Waals surface area contributed by atoms with E-state index in [1.165, 1.54) is 6.07 Å². The van der Waals surface area contributed by atoms with Crippen LogP contribution in [-0.4, -0.2) is 18.4 Å². The van der Waals surface area contributed by atoms with Crippen molar-refractivity contribution in [2.45, 2.75) is 32.7 Å². The number of carbonyl (C=O) groups is 2. The Labute approximate surface area is 146 Å². The third kappa shape index (κ3) is 3.40. The van der Waals surface area contributed by atoms with Crippen molar-refractivity contribution in [3.05, 3.63) is 65.0 Å². The predicted octanol–water partition coefficient (Wildman–Crippen LogP) is 3.62. The standard InChI is InChI=1S/C20H21FN2O2/c1-3-19(24)23-11-10-14-12-15(8-9-18(14)23)20(25)22-13(2)16-6-4-5-7-17(16)21/h4-9,12-13H,3,10-11H2,1-2H3,(H,22,25)/t13-/m0/s1. The van der Waals surface area contributed by atoms with Crippen molar-refractivity contribution in [1.29, 1.82) is 0 Å². The van der Waals surface area contributed by atoms with Gasteiger partial charge in [0.2, 0.25) is 5.91 Å². The van der Waals surface area contributed by atoms with E-state index in [1.807, 2.05) is 19.1 Å². The van der Waals surface area contributed by atoms with Gasteiger partial charge in [0.15, 0.2) is 0 Å². The molecule has 0 saturated carbocycles. The summed E-state index contributed by atoms with van der Waals surface area (Å²) >= 11 is 0. The number of rotatable bonds is 4. The first kappa shape index (κ1) is 17.1. The molecule has 2 amide bonds. The third-order valence-electron chi connectivity index (χ3n) is 4.56. The van der Waals surface area contributed by atoms with E-state index in [-0.39, 0.29) is 17.6 Å². The molecule has 0 bridgehead atoms. The first-order valence-electron chi connectivity index (χ1n) is 8.49. The van der Waals surface area contributed by atoms with E-state index in [4.69, 9.17) is 0 Å². The zero-order chi connectivity index (χ0) is 18.0.